The van der Waals surface area contributed by atoms with Crippen LogP contribution in [0.15, 0.2) is 180 Å². The van der Waals surface area contributed by atoms with E-state index in [9.17, 15) is 19.5 Å². The highest BCUT2D eigenvalue weighted by atomic mass is 32.2. The number of thioether (sulfide) groups is 3. The molecule has 0 radical (unpaired) electrons. The molecule has 0 bridgehead atoms. The Kier molecular flexibility index (Phi) is 15.7. The van der Waals surface area contributed by atoms with Crippen molar-refractivity contribution in [2.45, 2.75) is 122 Å². The highest BCUT2D eigenvalue weighted by molar-refractivity contribution is 8.01. The summed E-state index contributed by atoms with van der Waals surface area (Å²) in [5.74, 6) is 1.23. The number of hydrogen-bond donors (Lipinski definition) is 2. The molecule has 1 atom stereocenters. The van der Waals surface area contributed by atoms with Crippen LogP contribution in [0, 0.1) is 0 Å². The van der Waals surface area contributed by atoms with Gasteiger partial charge in [0.05, 0.1) is 38.4 Å². The summed E-state index contributed by atoms with van der Waals surface area (Å²) < 4.78 is 5.82. The smallest absolute Gasteiger partial charge is 0.316 e. The van der Waals surface area contributed by atoms with Crippen LogP contribution in [0.25, 0.3) is 82.9 Å². The third-order valence-corrected chi connectivity index (χ3v) is 19.7. The Bertz CT molecular complexity index is 4600. The summed E-state index contributed by atoms with van der Waals surface area (Å²) >= 11 is 4.33. The third kappa shape index (κ3) is 11.5. The van der Waals surface area contributed by atoms with Crippen molar-refractivity contribution in [1.82, 2.24) is 43.6 Å². The maximum Gasteiger partial charge on any atom is 0.316 e. The molecule has 12 aromatic rings. The van der Waals surface area contributed by atoms with Gasteiger partial charge in [0.25, 0.3) is 0 Å². The van der Waals surface area contributed by atoms with Crippen LogP contribution in [0.2, 0.25) is 0 Å². The van der Waals surface area contributed by atoms with E-state index in [0.717, 1.165) is 49.3 Å². The first kappa shape index (κ1) is 56.7. The predicted octanol–water partition coefficient (Wildman–Crippen LogP) is 16.3. The molecule has 6 aromatic carbocycles. The summed E-state index contributed by atoms with van der Waals surface area (Å²) in [5.41, 5.74) is 12.3. The van der Waals surface area contributed by atoms with Gasteiger partial charge in [-0.05, 0) is 178 Å². The number of hydrogen-bond acceptors (Lipinski definition) is 12. The number of imidazole rings is 3. The second-order valence-electron chi connectivity index (χ2n) is 22.8. The summed E-state index contributed by atoms with van der Waals surface area (Å²) in [4.78, 5) is 61.9. The summed E-state index contributed by atoms with van der Waals surface area (Å²) in [7, 11) is 0. The highest BCUT2D eigenvalue weighted by Gasteiger charge is 2.32. The molecule has 0 aliphatic heterocycles. The van der Waals surface area contributed by atoms with Gasteiger partial charge in [-0.15, -0.1) is 0 Å². The van der Waals surface area contributed by atoms with E-state index in [2.05, 4.69) is 132 Å². The first-order valence-corrected chi connectivity index (χ1v) is 32.0. The molecule has 86 heavy (non-hydrogen) atoms. The Hall–Kier alpha value is -8.38. The molecule has 17 heteroatoms. The van der Waals surface area contributed by atoms with Crippen LogP contribution in [0.1, 0.15) is 114 Å². The summed E-state index contributed by atoms with van der Waals surface area (Å²) in [5, 5.41) is 27.4. The molecule has 1 unspecified atom stereocenters. The van der Waals surface area contributed by atoms with Crippen LogP contribution in [-0.2, 0) is 14.4 Å². The van der Waals surface area contributed by atoms with Gasteiger partial charge in [-0.3, -0.25) is 28.1 Å². The zero-order chi connectivity index (χ0) is 59.2. The van der Waals surface area contributed by atoms with Gasteiger partial charge in [0.2, 0.25) is 0 Å². The Morgan fingerprint density at radius 2 is 0.884 bits per heavy atom. The van der Waals surface area contributed by atoms with Gasteiger partial charge >= 0.3 is 11.9 Å². The van der Waals surface area contributed by atoms with Crippen LogP contribution < -0.4 is 0 Å². The quantitative estimate of drug-likeness (QED) is 0.0648. The lowest BCUT2D eigenvalue weighted by Crippen LogP contribution is -2.25. The first-order valence-electron chi connectivity index (χ1n) is 29.3. The molecular weight excluding hydrogens is 1130 g/mol. The van der Waals surface area contributed by atoms with Crippen LogP contribution in [-0.4, -0.2) is 87.3 Å². The first-order chi connectivity index (χ1) is 41.8. The molecule has 3 aliphatic carbocycles. The summed E-state index contributed by atoms with van der Waals surface area (Å²) in [6.07, 6.45) is 13.6. The maximum absolute atomic E-state index is 12.2. The molecular formula is C69H63N9O5S3. The highest BCUT2D eigenvalue weighted by Crippen LogP contribution is 2.48. The number of carboxylic acids is 2. The van der Waals surface area contributed by atoms with E-state index in [1.807, 2.05) is 60.9 Å². The van der Waals surface area contributed by atoms with Gasteiger partial charge in [0, 0.05) is 46.9 Å². The number of Topliss-reactive ketones (excluding diaryl/α,β-unsaturated/α-hetero) is 1. The number of benzene rings is 6. The molecule has 3 fully saturated rings. The number of carboxylic acid groups (broad SMARTS) is 2. The third-order valence-electron chi connectivity index (χ3n) is 16.4. The molecule has 0 amide bonds. The van der Waals surface area contributed by atoms with Crippen LogP contribution in [0.5, 0.6) is 0 Å². The lowest BCUT2D eigenvalue weighted by Gasteiger charge is -2.21. The Morgan fingerprint density at radius 3 is 1.27 bits per heavy atom. The number of nitrogens with zero attached hydrogens (tertiary/aromatic N) is 9. The topological polar surface area (TPSA) is 184 Å². The number of aliphatic carboxylic acids is 2. The molecule has 0 spiro atoms. The van der Waals surface area contributed by atoms with Crippen molar-refractivity contribution in [3.05, 3.63) is 181 Å². The molecule has 15 rings (SSSR count). The van der Waals surface area contributed by atoms with Crippen LogP contribution in [0.4, 0.5) is 0 Å². The van der Waals surface area contributed by atoms with E-state index in [0.29, 0.717) is 52.0 Å². The van der Waals surface area contributed by atoms with Gasteiger partial charge in [0.15, 0.2) is 32.4 Å². The summed E-state index contributed by atoms with van der Waals surface area (Å²) in [6.45, 7) is 7.22. The maximum atomic E-state index is 12.2. The normalized spacial score (nSPS) is 14.6. The van der Waals surface area contributed by atoms with E-state index >= 15 is 0 Å². The Balaban J connectivity index is 0.000000120. The molecule has 6 heterocycles. The number of carbonyl (C=O) groups excluding carboxylic acids is 1. The lowest BCUT2D eigenvalue weighted by molar-refractivity contribution is -0.137. The molecule has 0 saturated heterocycles. The fourth-order valence-corrected chi connectivity index (χ4v) is 14.1. The second-order valence-corrected chi connectivity index (χ2v) is 26.8. The Morgan fingerprint density at radius 1 is 0.512 bits per heavy atom. The molecule has 14 nitrogen and oxygen atoms in total. The largest absolute Gasteiger partial charge is 0.481 e. The molecule has 6 aromatic heterocycles. The van der Waals surface area contributed by atoms with Crippen LogP contribution >= 0.6 is 35.3 Å². The zero-order valence-electron chi connectivity index (χ0n) is 48.1. The van der Waals surface area contributed by atoms with Crippen molar-refractivity contribution in [2.75, 3.05) is 5.75 Å². The average molecular weight is 1190 g/mol. The number of fused-ring (bicyclic) bond motifs is 6. The van der Waals surface area contributed by atoms with Gasteiger partial charge in [0.1, 0.15) is 11.0 Å². The molecule has 432 valence electrons. The average Bonchev–Trinajstić information content (AvgIpc) is 1.76. The van der Waals surface area contributed by atoms with Crippen LogP contribution in [0.3, 0.4) is 0 Å². The van der Waals surface area contributed by atoms with Crippen molar-refractivity contribution in [1.29, 1.82) is 0 Å². The number of ketones is 1. The number of aromatic nitrogens is 9. The minimum absolute atomic E-state index is 0.128. The van der Waals surface area contributed by atoms with Gasteiger partial charge in [-0.2, -0.15) is 0 Å². The van der Waals surface area contributed by atoms with Gasteiger partial charge < -0.3 is 10.2 Å². The SMILES string of the molecule is CC(=O)C(C)(C)Sc1nc2ncccc2n1-c1ccc(C2CC2)c2ccccc12.CC(Sc1nc2ncccc2n1-c1ccc(C2CC2)c2ccccc12)C(=O)O.O=C(O)CCCSc1nc2ncccc2n1-c1ccc(C2CC2)c2ccccc12. The Labute approximate surface area is 509 Å². The molecule has 3 saturated carbocycles. The van der Waals surface area contributed by atoms with E-state index in [4.69, 9.17) is 15.1 Å². The van der Waals surface area contributed by atoms with Crippen molar-refractivity contribution >= 4 is 119 Å². The molecule has 3 aliphatic rings. The van der Waals surface area contributed by atoms with E-state index in [1.54, 1.807) is 44.2 Å². The van der Waals surface area contributed by atoms with Crippen molar-refractivity contribution in [2.24, 2.45) is 0 Å². The fourth-order valence-electron chi connectivity index (χ4n) is 11.3. The fraction of sp³-hybridized carbons (Fsp3) is 0.261. The monoisotopic (exact) mass is 1190 g/mol. The van der Waals surface area contributed by atoms with E-state index in [-0.39, 0.29) is 12.2 Å². The molecule has 2 N–H and O–H groups in total. The minimum Gasteiger partial charge on any atom is -0.481 e. The standard InChI is InChI=1S/C24H23N3OS.C23H21N3O2S.C22H19N3O2S/c1-15(28)24(2,3)29-23-26-22-21(9-6-14-25-22)27(23)20-13-12-17(16-10-11-16)18-7-4-5-8-19(18)20;27-21(28)8-4-14-29-23-25-22-20(7-3-13-24-22)26(23)19-12-11-16(15-9-10-15)17-5-1-2-6-18(17)19;1-13(21(26)27)28-22-24-20-19(7-4-12-23-20)25(22)18-11-10-15(14-8-9-14)16-5-2-3-6-17(16)18/h4-9,12-14,16H,10-11H2,1-3H3;1-3,5-7,11-13,15H,4,8-10,14H2,(H,27,28);2-7,10-14H,8-9H2,1H3,(H,26,27). The number of rotatable bonds is 17. The summed E-state index contributed by atoms with van der Waals surface area (Å²) in [6, 6.07) is 50.7. The lowest BCUT2D eigenvalue weighted by atomic mass is 9.99. The van der Waals surface area contributed by atoms with E-state index < -0.39 is 21.9 Å². The second kappa shape index (κ2) is 23.8. The minimum atomic E-state index is -0.856. The van der Waals surface area contributed by atoms with Gasteiger partial charge in [-0.1, -0.05) is 126 Å². The van der Waals surface area contributed by atoms with Crippen molar-refractivity contribution < 1.29 is 24.6 Å². The predicted molar refractivity (Wildman–Crippen MR) is 346 cm³/mol. The van der Waals surface area contributed by atoms with Gasteiger partial charge in [-0.25, -0.2) is 29.9 Å². The van der Waals surface area contributed by atoms with E-state index in [1.165, 1.54) is 106 Å². The number of carbonyl (C=O) groups is 3. The number of pyridine rings is 3. The zero-order valence-corrected chi connectivity index (χ0v) is 50.6. The van der Waals surface area contributed by atoms with Crippen molar-refractivity contribution in [3.63, 3.8) is 0 Å². The van der Waals surface area contributed by atoms with Crippen molar-refractivity contribution in [3.8, 4) is 17.1 Å².